The predicted molar refractivity (Wildman–Crippen MR) is 158 cm³/mol. The number of carbonyl (C=O) groups is 3. The summed E-state index contributed by atoms with van der Waals surface area (Å²) in [4.78, 5) is 44.6. The number of likely N-dealkylation sites (N-methyl/N-ethyl adjacent to an activating group) is 1. The summed E-state index contributed by atoms with van der Waals surface area (Å²) in [6, 6.07) is 17.7. The lowest BCUT2D eigenvalue weighted by atomic mass is 9.80. The van der Waals surface area contributed by atoms with Crippen LogP contribution in [0.25, 0.3) is 5.69 Å². The molecule has 3 heterocycles. The summed E-state index contributed by atoms with van der Waals surface area (Å²) < 4.78 is 56.0. The van der Waals surface area contributed by atoms with Gasteiger partial charge in [0.05, 0.1) is 17.3 Å². The normalized spacial score (nSPS) is 19.2. The number of amides is 3. The van der Waals surface area contributed by atoms with E-state index in [4.69, 9.17) is 0 Å². The molecule has 0 spiro atoms. The number of hydrogen-bond acceptors (Lipinski definition) is 5. The van der Waals surface area contributed by atoms with Gasteiger partial charge in [0.25, 0.3) is 17.7 Å². The Morgan fingerprint density at radius 2 is 1.76 bits per heavy atom. The Labute approximate surface area is 260 Å². The third-order valence-corrected chi connectivity index (χ3v) is 8.25. The van der Waals surface area contributed by atoms with E-state index in [1.54, 1.807) is 37.3 Å². The second-order valence-corrected chi connectivity index (χ2v) is 10.9. The Morgan fingerprint density at radius 3 is 2.37 bits per heavy atom. The van der Waals surface area contributed by atoms with Crippen LogP contribution in [0.15, 0.2) is 78.9 Å². The number of hydrogen-bond donors (Lipinski definition) is 1. The third-order valence-electron chi connectivity index (χ3n) is 8.25. The van der Waals surface area contributed by atoms with Crippen molar-refractivity contribution in [3.63, 3.8) is 0 Å². The summed E-state index contributed by atoms with van der Waals surface area (Å²) in [6.45, 7) is 2.07. The number of nitrogens with zero attached hydrogens (tertiary/aromatic N) is 5. The van der Waals surface area contributed by atoms with Crippen LogP contribution in [0, 0.1) is 17.1 Å². The third kappa shape index (κ3) is 5.25. The zero-order chi connectivity index (χ0) is 32.7. The van der Waals surface area contributed by atoms with E-state index in [1.165, 1.54) is 44.8 Å². The minimum Gasteiger partial charge on any atom is -0.339 e. The number of para-hydroxylation sites is 1. The van der Waals surface area contributed by atoms with Crippen molar-refractivity contribution in [2.24, 2.45) is 0 Å². The van der Waals surface area contributed by atoms with Crippen LogP contribution in [-0.2, 0) is 11.0 Å². The maximum absolute atomic E-state index is 14.3. The van der Waals surface area contributed by atoms with Gasteiger partial charge >= 0.3 is 6.18 Å². The number of likely N-dealkylation sites (tertiary alicyclic amines) is 1. The first-order valence-corrected chi connectivity index (χ1v) is 14.5. The Bertz CT molecular complexity index is 1870. The van der Waals surface area contributed by atoms with Gasteiger partial charge in [-0.2, -0.15) is 23.5 Å². The lowest BCUT2D eigenvalue weighted by Gasteiger charge is -2.39. The SMILES string of the molecule is CCN1C(=O)[C@@H](NC(=O)c2cccc(C(F)(F)F)c2)[C@@H](c2ccc(F)cc2)c2c(C(=O)N3CC[C@@H]3C#N)nn(-c3ccccc3)c21. The average molecular weight is 631 g/mol. The van der Waals surface area contributed by atoms with E-state index >= 15 is 0 Å². The van der Waals surface area contributed by atoms with Gasteiger partial charge in [0.1, 0.15) is 23.7 Å². The molecule has 0 saturated carbocycles. The fourth-order valence-corrected chi connectivity index (χ4v) is 5.90. The summed E-state index contributed by atoms with van der Waals surface area (Å²) in [5, 5.41) is 16.9. The van der Waals surface area contributed by atoms with Crippen LogP contribution < -0.4 is 10.2 Å². The number of anilines is 1. The number of halogens is 4. The van der Waals surface area contributed by atoms with Gasteiger partial charge < -0.3 is 10.2 Å². The molecule has 0 bridgehead atoms. The first kappa shape index (κ1) is 30.5. The highest BCUT2D eigenvalue weighted by molar-refractivity contribution is 6.07. The molecule has 9 nitrogen and oxygen atoms in total. The van der Waals surface area contributed by atoms with Crippen LogP contribution in [-0.4, -0.2) is 57.6 Å². The molecule has 1 aromatic heterocycles. The van der Waals surface area contributed by atoms with Crippen LogP contribution in [0.3, 0.4) is 0 Å². The standard InChI is InChI=1S/C33H26F4N6O3/c1-2-41-30-26(28(32(46)42-16-15-24(42)18-38)40-43(30)23-9-4-3-5-10-23)25(19-11-13-22(34)14-12-19)27(31(41)45)39-29(44)20-7-6-8-21(17-20)33(35,36)37/h3-14,17,24-25,27H,2,15-16H2,1H3,(H,39,44)/t24-,25+,27+/m1/s1. The fourth-order valence-electron chi connectivity index (χ4n) is 5.90. The summed E-state index contributed by atoms with van der Waals surface area (Å²) in [5.41, 5.74) is -0.321. The van der Waals surface area contributed by atoms with Crippen LogP contribution >= 0.6 is 0 Å². The monoisotopic (exact) mass is 630 g/mol. The molecule has 4 aromatic rings. The van der Waals surface area contributed by atoms with Gasteiger partial charge in [-0.1, -0.05) is 36.4 Å². The molecule has 234 valence electrons. The molecular formula is C33H26F4N6O3. The molecule has 1 N–H and O–H groups in total. The largest absolute Gasteiger partial charge is 0.416 e. The Hall–Kier alpha value is -5.51. The van der Waals surface area contributed by atoms with Crippen molar-refractivity contribution in [1.82, 2.24) is 20.0 Å². The van der Waals surface area contributed by atoms with Crippen LogP contribution in [0.5, 0.6) is 0 Å². The van der Waals surface area contributed by atoms with Crippen molar-refractivity contribution in [2.45, 2.75) is 37.5 Å². The molecule has 0 unspecified atom stereocenters. The highest BCUT2D eigenvalue weighted by Crippen LogP contribution is 2.44. The molecule has 0 aliphatic carbocycles. The number of benzene rings is 3. The topological polar surface area (TPSA) is 111 Å². The molecule has 13 heteroatoms. The molecule has 2 aliphatic rings. The van der Waals surface area contributed by atoms with Gasteiger partial charge in [-0.05, 0) is 61.4 Å². The van der Waals surface area contributed by atoms with E-state index in [-0.39, 0.29) is 29.2 Å². The predicted octanol–water partition coefficient (Wildman–Crippen LogP) is 5.07. The maximum Gasteiger partial charge on any atom is 0.416 e. The molecule has 1 saturated heterocycles. The van der Waals surface area contributed by atoms with Gasteiger partial charge in [0.15, 0.2) is 5.69 Å². The van der Waals surface area contributed by atoms with Gasteiger partial charge in [0.2, 0.25) is 0 Å². The van der Waals surface area contributed by atoms with Crippen molar-refractivity contribution < 1.29 is 31.9 Å². The van der Waals surface area contributed by atoms with E-state index in [0.29, 0.717) is 30.3 Å². The second-order valence-electron chi connectivity index (χ2n) is 10.9. The lowest BCUT2D eigenvalue weighted by molar-refractivity contribution is -0.137. The first-order chi connectivity index (χ1) is 22.0. The molecule has 6 rings (SSSR count). The van der Waals surface area contributed by atoms with Crippen LogP contribution in [0.1, 0.15) is 56.8 Å². The molecule has 0 radical (unpaired) electrons. The quantitative estimate of drug-likeness (QED) is 0.300. The van der Waals surface area contributed by atoms with E-state index in [1.807, 2.05) is 0 Å². The van der Waals surface area contributed by atoms with Crippen LogP contribution in [0.2, 0.25) is 0 Å². The molecule has 46 heavy (non-hydrogen) atoms. The molecule has 3 aromatic carbocycles. The first-order valence-electron chi connectivity index (χ1n) is 14.5. The van der Waals surface area contributed by atoms with E-state index in [0.717, 1.165) is 12.1 Å². The summed E-state index contributed by atoms with van der Waals surface area (Å²) in [7, 11) is 0. The maximum atomic E-state index is 14.3. The molecule has 2 aliphatic heterocycles. The highest BCUT2D eigenvalue weighted by atomic mass is 19.4. The van der Waals surface area contributed by atoms with Gasteiger partial charge in [-0.3, -0.25) is 19.3 Å². The number of aromatic nitrogens is 2. The number of alkyl halides is 3. The molecule has 3 atom stereocenters. The van der Waals surface area contributed by atoms with Crippen LogP contribution in [0.4, 0.5) is 23.4 Å². The molecular weight excluding hydrogens is 604 g/mol. The zero-order valence-electron chi connectivity index (χ0n) is 24.3. The molecule has 3 amide bonds. The van der Waals surface area contributed by atoms with E-state index in [9.17, 15) is 37.2 Å². The number of fused-ring (bicyclic) bond motifs is 1. The Morgan fingerprint density at radius 1 is 1.04 bits per heavy atom. The van der Waals surface area contributed by atoms with Gasteiger partial charge in [-0.15, -0.1) is 0 Å². The van der Waals surface area contributed by atoms with Gasteiger partial charge in [0, 0.05) is 30.1 Å². The Kier molecular flexibility index (Phi) is 7.81. The minimum absolute atomic E-state index is 0.0719. The number of nitrogens with one attached hydrogen (secondary N) is 1. The number of nitriles is 1. The average Bonchev–Trinajstić information content (AvgIpc) is 3.42. The minimum atomic E-state index is -4.71. The number of rotatable bonds is 6. The zero-order valence-corrected chi connectivity index (χ0v) is 24.3. The lowest BCUT2D eigenvalue weighted by Crippen LogP contribution is -2.56. The highest BCUT2D eigenvalue weighted by Gasteiger charge is 2.48. The van der Waals surface area contributed by atoms with Gasteiger partial charge in [-0.25, -0.2) is 9.07 Å². The molecule has 1 fully saturated rings. The van der Waals surface area contributed by atoms with Crippen molar-refractivity contribution in [1.29, 1.82) is 5.26 Å². The smallest absolute Gasteiger partial charge is 0.339 e. The van der Waals surface area contributed by atoms with Crippen molar-refractivity contribution in [2.75, 3.05) is 18.0 Å². The summed E-state index contributed by atoms with van der Waals surface area (Å²) in [5.74, 6) is -3.57. The summed E-state index contributed by atoms with van der Waals surface area (Å²) >= 11 is 0. The number of carbonyl (C=O) groups excluding carboxylic acids is 3. The summed E-state index contributed by atoms with van der Waals surface area (Å²) in [6.07, 6.45) is -4.23. The van der Waals surface area contributed by atoms with Crippen molar-refractivity contribution >= 4 is 23.5 Å². The van der Waals surface area contributed by atoms with E-state index in [2.05, 4.69) is 16.5 Å². The fraction of sp³-hybridized carbons (Fsp3) is 0.242. The van der Waals surface area contributed by atoms with Crippen molar-refractivity contribution in [3.05, 3.63) is 113 Å². The second kappa shape index (κ2) is 11.8. The van der Waals surface area contributed by atoms with E-state index < -0.39 is 53.3 Å². The van der Waals surface area contributed by atoms with Crippen molar-refractivity contribution in [3.8, 4) is 11.8 Å². The Balaban J connectivity index is 1.56.